The molecule has 1 unspecified atom stereocenters. The van der Waals surface area contributed by atoms with E-state index in [1.807, 2.05) is 50.2 Å². The van der Waals surface area contributed by atoms with Crippen LogP contribution < -0.4 is 14.8 Å². The van der Waals surface area contributed by atoms with Crippen molar-refractivity contribution in [1.29, 1.82) is 0 Å². The van der Waals surface area contributed by atoms with Gasteiger partial charge in [-0.1, -0.05) is 43.3 Å². The molecule has 0 radical (unpaired) electrons. The minimum absolute atomic E-state index is 0.0583. The average molecular weight is 416 g/mol. The molecule has 3 aromatic rings. The molecule has 2 aromatic carbocycles. The van der Waals surface area contributed by atoms with Gasteiger partial charge in [0.1, 0.15) is 12.4 Å². The summed E-state index contributed by atoms with van der Waals surface area (Å²) in [5.41, 5.74) is 3.70. The molecule has 31 heavy (non-hydrogen) atoms. The van der Waals surface area contributed by atoms with E-state index in [-0.39, 0.29) is 24.2 Å². The Morgan fingerprint density at radius 2 is 1.87 bits per heavy atom. The second-order valence-corrected chi connectivity index (χ2v) is 7.66. The number of nitrogens with one attached hydrogen (secondary N) is 1. The summed E-state index contributed by atoms with van der Waals surface area (Å²) in [5.74, 6) is 1.09. The van der Waals surface area contributed by atoms with E-state index in [1.165, 1.54) is 0 Å². The Bertz CT molecular complexity index is 1110. The molecule has 0 aliphatic heterocycles. The number of ether oxygens (including phenoxy) is 2. The van der Waals surface area contributed by atoms with Gasteiger partial charge in [-0.15, -0.1) is 0 Å². The number of amides is 1. The number of ketones is 1. The van der Waals surface area contributed by atoms with Crippen LogP contribution in [0.25, 0.3) is 0 Å². The monoisotopic (exact) mass is 416 g/mol. The molecule has 1 N–H and O–H groups in total. The van der Waals surface area contributed by atoms with Crippen molar-refractivity contribution in [2.24, 2.45) is 0 Å². The van der Waals surface area contributed by atoms with Gasteiger partial charge in [0.05, 0.1) is 5.56 Å². The third kappa shape index (κ3) is 4.58. The van der Waals surface area contributed by atoms with Crippen molar-refractivity contribution in [3.8, 4) is 11.5 Å². The number of rotatable bonds is 7. The van der Waals surface area contributed by atoms with Gasteiger partial charge in [0.2, 0.25) is 0 Å². The van der Waals surface area contributed by atoms with Gasteiger partial charge in [-0.3, -0.25) is 9.59 Å². The van der Waals surface area contributed by atoms with Crippen LogP contribution in [-0.4, -0.2) is 23.3 Å². The molecule has 4 rings (SSSR count). The van der Waals surface area contributed by atoms with Crippen molar-refractivity contribution in [3.05, 3.63) is 83.0 Å². The normalized spacial score (nSPS) is 14.8. The SMILES string of the molecule is Cc1ccc(OCC(=O)Nc2ncccc2OCc2ccccc2)c2c1C(C)CC2=O. The molecule has 1 aromatic heterocycles. The van der Waals surface area contributed by atoms with Crippen molar-refractivity contribution >= 4 is 17.5 Å². The highest BCUT2D eigenvalue weighted by Crippen LogP contribution is 2.40. The van der Waals surface area contributed by atoms with Gasteiger partial charge in [-0.25, -0.2) is 4.98 Å². The Morgan fingerprint density at radius 1 is 1.06 bits per heavy atom. The van der Waals surface area contributed by atoms with E-state index in [2.05, 4.69) is 10.3 Å². The van der Waals surface area contributed by atoms with Crippen molar-refractivity contribution in [2.75, 3.05) is 11.9 Å². The van der Waals surface area contributed by atoms with Crippen LogP contribution in [0.1, 0.15) is 46.3 Å². The van der Waals surface area contributed by atoms with E-state index in [9.17, 15) is 9.59 Å². The van der Waals surface area contributed by atoms with E-state index in [4.69, 9.17) is 9.47 Å². The number of Topliss-reactive ketones (excluding diaryl/α,β-unsaturated/α-hetero) is 1. The van der Waals surface area contributed by atoms with E-state index in [0.717, 1.165) is 16.7 Å². The van der Waals surface area contributed by atoms with Crippen LogP contribution in [0.4, 0.5) is 5.82 Å². The second-order valence-electron chi connectivity index (χ2n) is 7.66. The van der Waals surface area contributed by atoms with Crippen LogP contribution in [0.3, 0.4) is 0 Å². The van der Waals surface area contributed by atoms with Crippen molar-refractivity contribution in [1.82, 2.24) is 4.98 Å². The molecule has 6 nitrogen and oxygen atoms in total. The van der Waals surface area contributed by atoms with Gasteiger partial charge in [-0.05, 0) is 47.7 Å². The van der Waals surface area contributed by atoms with Crippen LogP contribution in [0, 0.1) is 6.92 Å². The third-order valence-corrected chi connectivity index (χ3v) is 5.31. The number of pyridine rings is 1. The molecule has 1 amide bonds. The highest BCUT2D eigenvalue weighted by molar-refractivity contribution is 6.04. The Kier molecular flexibility index (Phi) is 5.98. The van der Waals surface area contributed by atoms with Gasteiger partial charge >= 0.3 is 0 Å². The quantitative estimate of drug-likeness (QED) is 0.605. The number of nitrogens with zero attached hydrogens (tertiary/aromatic N) is 1. The largest absolute Gasteiger partial charge is 0.485 e. The summed E-state index contributed by atoms with van der Waals surface area (Å²) in [4.78, 5) is 29.1. The molecule has 1 aliphatic rings. The zero-order valence-electron chi connectivity index (χ0n) is 17.6. The lowest BCUT2D eigenvalue weighted by atomic mass is 9.97. The van der Waals surface area contributed by atoms with Gasteiger partial charge < -0.3 is 14.8 Å². The van der Waals surface area contributed by atoms with Crippen LogP contribution in [0.2, 0.25) is 0 Å². The summed E-state index contributed by atoms with van der Waals surface area (Å²) in [6, 6.07) is 16.9. The van der Waals surface area contributed by atoms with E-state index in [0.29, 0.717) is 35.9 Å². The molecule has 1 heterocycles. The molecule has 0 bridgehead atoms. The molecule has 158 valence electrons. The Labute approximate surface area is 181 Å². The molecule has 0 saturated heterocycles. The van der Waals surface area contributed by atoms with Crippen molar-refractivity contribution in [3.63, 3.8) is 0 Å². The number of carbonyl (C=O) groups is 2. The lowest BCUT2D eigenvalue weighted by Gasteiger charge is -2.14. The fourth-order valence-electron chi connectivity index (χ4n) is 3.88. The number of anilines is 1. The summed E-state index contributed by atoms with van der Waals surface area (Å²) >= 11 is 0. The molecule has 0 fully saturated rings. The summed E-state index contributed by atoms with van der Waals surface area (Å²) in [7, 11) is 0. The molecule has 0 saturated carbocycles. The Hall–Kier alpha value is -3.67. The van der Waals surface area contributed by atoms with E-state index in [1.54, 1.807) is 24.4 Å². The van der Waals surface area contributed by atoms with Gasteiger partial charge in [0, 0.05) is 12.6 Å². The first kappa shape index (κ1) is 20.6. The minimum Gasteiger partial charge on any atom is -0.485 e. The molecular formula is C25H24N2O4. The number of fused-ring (bicyclic) bond motifs is 1. The van der Waals surface area contributed by atoms with Crippen molar-refractivity contribution < 1.29 is 19.1 Å². The number of carbonyl (C=O) groups excluding carboxylic acids is 2. The summed E-state index contributed by atoms with van der Waals surface area (Å²) in [6.45, 7) is 4.15. The minimum atomic E-state index is -0.379. The maximum atomic E-state index is 12.5. The predicted molar refractivity (Wildman–Crippen MR) is 118 cm³/mol. The first-order valence-corrected chi connectivity index (χ1v) is 10.2. The Balaban J connectivity index is 1.41. The molecule has 1 atom stereocenters. The van der Waals surface area contributed by atoms with Gasteiger partial charge in [-0.2, -0.15) is 0 Å². The molecule has 6 heteroatoms. The summed E-state index contributed by atoms with van der Waals surface area (Å²) in [6.07, 6.45) is 2.05. The second kappa shape index (κ2) is 9.00. The van der Waals surface area contributed by atoms with Crippen molar-refractivity contribution in [2.45, 2.75) is 32.8 Å². The Morgan fingerprint density at radius 3 is 2.68 bits per heavy atom. The fourth-order valence-corrected chi connectivity index (χ4v) is 3.88. The lowest BCUT2D eigenvalue weighted by molar-refractivity contribution is -0.118. The molecule has 0 spiro atoms. The number of benzene rings is 2. The highest BCUT2D eigenvalue weighted by Gasteiger charge is 2.31. The van der Waals surface area contributed by atoms with Crippen LogP contribution in [0.15, 0.2) is 60.8 Å². The number of aromatic nitrogens is 1. The standard InChI is InChI=1S/C25H24N2O4/c1-16-10-11-20(24-19(28)13-17(2)23(16)24)31-15-22(29)27-25-21(9-6-12-26-25)30-14-18-7-4-3-5-8-18/h3-12,17H,13-15H2,1-2H3,(H,26,27,29). The first-order chi connectivity index (χ1) is 15.0. The summed E-state index contributed by atoms with van der Waals surface area (Å²) in [5, 5.41) is 2.73. The van der Waals surface area contributed by atoms with Gasteiger partial charge in [0.25, 0.3) is 5.91 Å². The number of hydrogen-bond acceptors (Lipinski definition) is 5. The molecular weight excluding hydrogens is 392 g/mol. The van der Waals surface area contributed by atoms with Gasteiger partial charge in [0.15, 0.2) is 24.0 Å². The fraction of sp³-hybridized carbons (Fsp3) is 0.240. The summed E-state index contributed by atoms with van der Waals surface area (Å²) < 4.78 is 11.5. The lowest BCUT2D eigenvalue weighted by Crippen LogP contribution is -2.22. The zero-order chi connectivity index (χ0) is 21.8. The maximum absolute atomic E-state index is 12.5. The van der Waals surface area contributed by atoms with Crippen LogP contribution in [0.5, 0.6) is 11.5 Å². The zero-order valence-corrected chi connectivity index (χ0v) is 17.6. The third-order valence-electron chi connectivity index (χ3n) is 5.31. The van der Waals surface area contributed by atoms with E-state index >= 15 is 0 Å². The highest BCUT2D eigenvalue weighted by atomic mass is 16.5. The van der Waals surface area contributed by atoms with Crippen LogP contribution >= 0.6 is 0 Å². The van der Waals surface area contributed by atoms with E-state index < -0.39 is 0 Å². The molecule has 1 aliphatic carbocycles. The number of aryl methyl sites for hydroxylation is 1. The predicted octanol–water partition coefficient (Wildman–Crippen LogP) is 4.68. The average Bonchev–Trinajstić information content (AvgIpc) is 3.08. The first-order valence-electron chi connectivity index (χ1n) is 10.2. The number of hydrogen-bond donors (Lipinski definition) is 1. The smallest absolute Gasteiger partial charge is 0.263 e. The topological polar surface area (TPSA) is 77.5 Å². The maximum Gasteiger partial charge on any atom is 0.263 e. The van der Waals surface area contributed by atoms with Crippen LogP contribution in [-0.2, 0) is 11.4 Å².